The molecule has 8 aromatic carbocycles. The van der Waals surface area contributed by atoms with Gasteiger partial charge in [-0.15, -0.1) is 11.3 Å². The van der Waals surface area contributed by atoms with Gasteiger partial charge in [0.2, 0.25) is 0 Å². The minimum atomic E-state index is 0.881. The summed E-state index contributed by atoms with van der Waals surface area (Å²) >= 11 is 1.72. The highest BCUT2D eigenvalue weighted by Gasteiger charge is 2.17. The third kappa shape index (κ3) is 5.76. The van der Waals surface area contributed by atoms with Gasteiger partial charge < -0.3 is 9.32 Å². The van der Waals surface area contributed by atoms with Crippen molar-refractivity contribution in [3.8, 4) is 44.0 Å². The Balaban J connectivity index is 1.03. The predicted molar refractivity (Wildman–Crippen MR) is 223 cm³/mol. The Labute approximate surface area is 311 Å². The van der Waals surface area contributed by atoms with Crippen LogP contribution >= 0.6 is 11.3 Å². The Hall–Kier alpha value is -6.75. The van der Waals surface area contributed by atoms with Gasteiger partial charge in [0.1, 0.15) is 16.2 Å². The van der Waals surface area contributed by atoms with Crippen molar-refractivity contribution in [1.29, 1.82) is 0 Å². The van der Waals surface area contributed by atoms with E-state index in [4.69, 9.17) is 9.40 Å². The Morgan fingerprint density at radius 1 is 0.396 bits per heavy atom. The minimum Gasteiger partial charge on any atom is -0.456 e. The molecule has 0 radical (unpaired) electrons. The highest BCUT2D eigenvalue weighted by molar-refractivity contribution is 7.22. The molecule has 0 bridgehead atoms. The van der Waals surface area contributed by atoms with Crippen molar-refractivity contribution in [2.24, 2.45) is 0 Å². The zero-order valence-corrected chi connectivity index (χ0v) is 29.5. The third-order valence-electron chi connectivity index (χ3n) is 9.93. The number of furan rings is 1. The molecular formula is C49H32N2OS. The average Bonchev–Trinajstić information content (AvgIpc) is 3.84. The van der Waals surface area contributed by atoms with Crippen LogP contribution in [0.25, 0.3) is 76.1 Å². The van der Waals surface area contributed by atoms with Gasteiger partial charge in [-0.25, -0.2) is 4.98 Å². The van der Waals surface area contributed by atoms with Gasteiger partial charge >= 0.3 is 0 Å². The molecule has 10 aromatic rings. The number of nitrogens with zero attached hydrogens (tertiary/aromatic N) is 2. The van der Waals surface area contributed by atoms with Crippen LogP contribution in [-0.2, 0) is 0 Å². The molecule has 0 aliphatic rings. The van der Waals surface area contributed by atoms with Crippen molar-refractivity contribution in [3.05, 3.63) is 194 Å². The molecule has 53 heavy (non-hydrogen) atoms. The quantitative estimate of drug-likeness (QED) is 0.166. The minimum absolute atomic E-state index is 0.881. The first-order valence-electron chi connectivity index (χ1n) is 17.8. The van der Waals surface area contributed by atoms with Crippen molar-refractivity contribution in [2.75, 3.05) is 4.90 Å². The fourth-order valence-electron chi connectivity index (χ4n) is 7.25. The van der Waals surface area contributed by atoms with Crippen LogP contribution in [0.5, 0.6) is 0 Å². The second kappa shape index (κ2) is 13.1. The summed E-state index contributed by atoms with van der Waals surface area (Å²) in [4.78, 5) is 7.31. The van der Waals surface area contributed by atoms with Gasteiger partial charge in [-0.3, -0.25) is 0 Å². The molecule has 0 spiro atoms. The molecule has 3 nitrogen and oxygen atoms in total. The van der Waals surface area contributed by atoms with Crippen LogP contribution < -0.4 is 4.90 Å². The van der Waals surface area contributed by atoms with Gasteiger partial charge in [-0.2, -0.15) is 0 Å². The highest BCUT2D eigenvalue weighted by atomic mass is 32.1. The lowest BCUT2D eigenvalue weighted by molar-refractivity contribution is 0.669. The van der Waals surface area contributed by atoms with Crippen LogP contribution in [0.4, 0.5) is 17.1 Å². The Morgan fingerprint density at radius 2 is 0.830 bits per heavy atom. The van der Waals surface area contributed by atoms with E-state index in [1.807, 2.05) is 12.1 Å². The summed E-state index contributed by atoms with van der Waals surface area (Å²) in [5.41, 5.74) is 14.2. The van der Waals surface area contributed by atoms with Gasteiger partial charge in [0, 0.05) is 33.4 Å². The van der Waals surface area contributed by atoms with Gasteiger partial charge in [0.15, 0.2) is 0 Å². The second-order valence-corrected chi connectivity index (χ2v) is 14.2. The lowest BCUT2D eigenvalue weighted by atomic mass is 10.0. The van der Waals surface area contributed by atoms with Crippen molar-refractivity contribution in [3.63, 3.8) is 0 Å². The molecule has 10 rings (SSSR count). The Bertz CT molecular complexity index is 2760. The lowest BCUT2D eigenvalue weighted by Crippen LogP contribution is -2.09. The van der Waals surface area contributed by atoms with Crippen molar-refractivity contribution in [1.82, 2.24) is 4.98 Å². The second-order valence-electron chi connectivity index (χ2n) is 13.2. The Morgan fingerprint density at radius 3 is 1.36 bits per heavy atom. The van der Waals surface area contributed by atoms with Crippen LogP contribution in [0, 0.1) is 0 Å². The maximum absolute atomic E-state index is 6.36. The van der Waals surface area contributed by atoms with E-state index in [0.29, 0.717) is 0 Å². The number of rotatable bonds is 7. The van der Waals surface area contributed by atoms with E-state index in [-0.39, 0.29) is 0 Å². The lowest BCUT2D eigenvalue weighted by Gasteiger charge is -2.26. The summed E-state index contributed by atoms with van der Waals surface area (Å²) < 4.78 is 7.51. The number of thiazole rings is 1. The molecule has 4 heteroatoms. The zero-order valence-electron chi connectivity index (χ0n) is 28.7. The topological polar surface area (TPSA) is 29.3 Å². The third-order valence-corrected chi connectivity index (χ3v) is 11.1. The first kappa shape index (κ1) is 31.0. The molecule has 0 atom stereocenters. The summed E-state index contributed by atoms with van der Waals surface area (Å²) in [7, 11) is 0. The van der Waals surface area contributed by atoms with E-state index in [2.05, 4.69) is 187 Å². The van der Waals surface area contributed by atoms with E-state index in [0.717, 1.165) is 70.9 Å². The fourth-order valence-corrected chi connectivity index (χ4v) is 8.37. The van der Waals surface area contributed by atoms with Gasteiger partial charge in [-0.1, -0.05) is 133 Å². The highest BCUT2D eigenvalue weighted by Crippen LogP contribution is 2.42. The van der Waals surface area contributed by atoms with E-state index < -0.39 is 0 Å². The molecule has 0 saturated heterocycles. The molecule has 0 aliphatic heterocycles. The van der Waals surface area contributed by atoms with E-state index in [1.165, 1.54) is 22.3 Å². The van der Waals surface area contributed by atoms with Crippen molar-refractivity contribution >= 4 is 60.6 Å². The molecule has 0 N–H and O–H groups in total. The first-order chi connectivity index (χ1) is 26.2. The van der Waals surface area contributed by atoms with Crippen LogP contribution in [0.1, 0.15) is 0 Å². The Kier molecular flexibility index (Phi) is 7.67. The molecule has 0 amide bonds. The summed E-state index contributed by atoms with van der Waals surface area (Å²) in [5, 5.41) is 3.25. The summed E-state index contributed by atoms with van der Waals surface area (Å²) in [6.45, 7) is 0. The maximum atomic E-state index is 6.36. The maximum Gasteiger partial charge on any atom is 0.137 e. The molecular weight excluding hydrogens is 665 g/mol. The van der Waals surface area contributed by atoms with Crippen molar-refractivity contribution in [2.45, 2.75) is 0 Å². The first-order valence-corrected chi connectivity index (χ1v) is 18.6. The van der Waals surface area contributed by atoms with Gasteiger partial charge in [0.05, 0.1) is 10.2 Å². The van der Waals surface area contributed by atoms with Crippen molar-refractivity contribution < 1.29 is 4.42 Å². The van der Waals surface area contributed by atoms with Crippen LogP contribution in [0.3, 0.4) is 0 Å². The number of hydrogen-bond acceptors (Lipinski definition) is 4. The standard InChI is InChI=1S/C49H32N2OS/c1-4-10-33(11-5-1)35-16-23-40(24-17-35)51(41-25-18-36(19-26-41)34-12-6-2-7-13-34)42-27-20-37(21-28-42)39-22-30-45-43(32-39)47-46(52-45)31-29-44-48(47)53-49(50-44)38-14-8-3-9-15-38/h1-32H. The zero-order chi connectivity index (χ0) is 35.1. The summed E-state index contributed by atoms with van der Waals surface area (Å²) in [5.74, 6) is 0. The molecule has 2 aromatic heterocycles. The molecule has 0 unspecified atom stereocenters. The van der Waals surface area contributed by atoms with E-state index in [1.54, 1.807) is 11.3 Å². The molecule has 250 valence electrons. The monoisotopic (exact) mass is 696 g/mol. The fraction of sp³-hybridized carbons (Fsp3) is 0. The largest absolute Gasteiger partial charge is 0.456 e. The average molecular weight is 697 g/mol. The van der Waals surface area contributed by atoms with Gasteiger partial charge in [-0.05, 0) is 94.0 Å². The smallest absolute Gasteiger partial charge is 0.137 e. The van der Waals surface area contributed by atoms with E-state index in [9.17, 15) is 0 Å². The number of fused-ring (bicyclic) bond motifs is 5. The normalized spacial score (nSPS) is 11.4. The van der Waals surface area contributed by atoms with E-state index >= 15 is 0 Å². The molecule has 0 saturated carbocycles. The number of benzene rings is 8. The summed E-state index contributed by atoms with van der Waals surface area (Å²) in [6, 6.07) is 68.6. The number of hydrogen-bond donors (Lipinski definition) is 0. The SMILES string of the molecule is c1ccc(-c2ccc(N(c3ccc(-c4ccccc4)cc3)c3ccc(-c4ccc5oc6ccc7nc(-c8ccccc8)sc7c6c5c4)cc3)cc2)cc1. The molecule has 0 fully saturated rings. The number of anilines is 3. The molecule has 2 heterocycles. The molecule has 0 aliphatic carbocycles. The van der Waals surface area contributed by atoms with Crippen LogP contribution in [-0.4, -0.2) is 4.98 Å². The van der Waals surface area contributed by atoms with Crippen LogP contribution in [0.15, 0.2) is 199 Å². The summed E-state index contributed by atoms with van der Waals surface area (Å²) in [6.07, 6.45) is 0. The van der Waals surface area contributed by atoms with Crippen LogP contribution in [0.2, 0.25) is 0 Å². The number of aromatic nitrogens is 1. The van der Waals surface area contributed by atoms with Gasteiger partial charge in [0.25, 0.3) is 0 Å². The predicted octanol–water partition coefficient (Wildman–Crippen LogP) is 14.3.